The molecule has 26 heavy (non-hydrogen) atoms. The molecule has 0 aliphatic heterocycles. The molecule has 1 unspecified atom stereocenters. The summed E-state index contributed by atoms with van der Waals surface area (Å²) in [5, 5.41) is 7.49. The van der Waals surface area contributed by atoms with Crippen LogP contribution in [0.4, 0.5) is 5.82 Å². The molecular formula is C16H14N6O3S. The summed E-state index contributed by atoms with van der Waals surface area (Å²) in [6, 6.07) is 7.13. The van der Waals surface area contributed by atoms with Gasteiger partial charge in [0.2, 0.25) is 0 Å². The van der Waals surface area contributed by atoms with Crippen molar-refractivity contribution < 1.29 is 13.6 Å². The molecule has 2 N–H and O–H groups in total. The third-order valence-electron chi connectivity index (χ3n) is 3.91. The van der Waals surface area contributed by atoms with Crippen molar-refractivity contribution in [1.82, 2.24) is 24.8 Å². The molecule has 4 aromatic rings. The summed E-state index contributed by atoms with van der Waals surface area (Å²) in [7, 11) is 0.415. The fourth-order valence-electron chi connectivity index (χ4n) is 2.71. The Morgan fingerprint density at radius 2 is 2.12 bits per heavy atom. The maximum Gasteiger partial charge on any atom is 0.199 e. The zero-order valence-corrected chi connectivity index (χ0v) is 14.7. The second-order valence-electron chi connectivity index (χ2n) is 5.42. The lowest BCUT2D eigenvalue weighted by Gasteiger charge is -2.13. The number of hydrogen-bond acceptors (Lipinski definition) is 8. The third-order valence-corrected chi connectivity index (χ3v) is 4.82. The maximum atomic E-state index is 11.8. The van der Waals surface area contributed by atoms with Gasteiger partial charge in [0.15, 0.2) is 17.3 Å². The predicted molar refractivity (Wildman–Crippen MR) is 95.5 cm³/mol. The standard InChI is InChI=1S/C16H14N6O3S/c1-24-13-7-9(26(2)23)3-4-12(13)22-11-5-6-18-8-10(11)19-16(22)14-15(17)21-25-20-14/h3-8H,1-2H3,(H2,17,21). The fraction of sp³-hybridized carbons (Fsp3) is 0.125. The van der Waals surface area contributed by atoms with E-state index in [1.54, 1.807) is 37.9 Å². The Morgan fingerprint density at radius 1 is 1.27 bits per heavy atom. The molecule has 1 aromatic carbocycles. The molecule has 10 heteroatoms. The van der Waals surface area contributed by atoms with Crippen LogP contribution in [0.2, 0.25) is 0 Å². The second kappa shape index (κ2) is 6.23. The van der Waals surface area contributed by atoms with Gasteiger partial charge in [-0.15, -0.1) is 0 Å². The number of benzene rings is 1. The summed E-state index contributed by atoms with van der Waals surface area (Å²) in [5.74, 6) is 1.10. The molecular weight excluding hydrogens is 356 g/mol. The van der Waals surface area contributed by atoms with E-state index in [1.807, 2.05) is 16.7 Å². The SMILES string of the molecule is COc1cc(S(C)=O)ccc1-n1c(-c2nonc2N)nc2cnccc21. The van der Waals surface area contributed by atoms with E-state index in [4.69, 9.17) is 15.1 Å². The van der Waals surface area contributed by atoms with E-state index in [1.165, 1.54) is 0 Å². The maximum absolute atomic E-state index is 11.8. The minimum atomic E-state index is -1.13. The summed E-state index contributed by atoms with van der Waals surface area (Å²) in [5.41, 5.74) is 8.29. The van der Waals surface area contributed by atoms with Crippen LogP contribution in [0.1, 0.15) is 0 Å². The number of hydrogen-bond donors (Lipinski definition) is 1. The first kappa shape index (κ1) is 16.2. The van der Waals surface area contributed by atoms with Gasteiger partial charge in [-0.2, -0.15) is 0 Å². The van der Waals surface area contributed by atoms with Crippen molar-refractivity contribution in [3.05, 3.63) is 36.7 Å². The van der Waals surface area contributed by atoms with Gasteiger partial charge in [-0.05, 0) is 34.6 Å². The van der Waals surface area contributed by atoms with Gasteiger partial charge < -0.3 is 10.5 Å². The third kappa shape index (κ3) is 2.51. The van der Waals surface area contributed by atoms with E-state index in [0.717, 1.165) is 5.52 Å². The first-order chi connectivity index (χ1) is 12.6. The Hall–Kier alpha value is -3.27. The van der Waals surface area contributed by atoms with Gasteiger partial charge in [-0.1, -0.05) is 0 Å². The molecule has 0 aliphatic carbocycles. The average molecular weight is 370 g/mol. The first-order valence-electron chi connectivity index (χ1n) is 7.53. The summed E-state index contributed by atoms with van der Waals surface area (Å²) in [6.45, 7) is 0. The number of ether oxygens (including phenoxy) is 1. The number of nitrogens with two attached hydrogens (primary N) is 1. The van der Waals surface area contributed by atoms with Gasteiger partial charge in [-0.25, -0.2) is 9.61 Å². The zero-order valence-electron chi connectivity index (χ0n) is 13.9. The number of nitrogen functional groups attached to an aromatic ring is 1. The number of aromatic nitrogens is 5. The van der Waals surface area contributed by atoms with E-state index >= 15 is 0 Å². The van der Waals surface area contributed by atoms with Gasteiger partial charge in [-0.3, -0.25) is 13.8 Å². The highest BCUT2D eigenvalue weighted by atomic mass is 32.2. The van der Waals surface area contributed by atoms with Gasteiger partial charge in [0.1, 0.15) is 11.3 Å². The van der Waals surface area contributed by atoms with Crippen LogP contribution in [-0.2, 0) is 10.8 Å². The zero-order chi connectivity index (χ0) is 18.3. The van der Waals surface area contributed by atoms with Crippen molar-refractivity contribution in [1.29, 1.82) is 0 Å². The molecule has 0 fully saturated rings. The molecule has 0 spiro atoms. The van der Waals surface area contributed by atoms with Crippen LogP contribution < -0.4 is 10.5 Å². The Balaban J connectivity index is 2.05. The van der Waals surface area contributed by atoms with E-state index in [-0.39, 0.29) is 5.82 Å². The number of pyridine rings is 1. The molecule has 3 aromatic heterocycles. The highest BCUT2D eigenvalue weighted by Crippen LogP contribution is 2.34. The largest absolute Gasteiger partial charge is 0.495 e. The highest BCUT2D eigenvalue weighted by Gasteiger charge is 2.22. The average Bonchev–Trinajstić information content (AvgIpc) is 3.24. The van der Waals surface area contributed by atoms with E-state index in [9.17, 15) is 4.21 Å². The molecule has 0 bridgehead atoms. The van der Waals surface area contributed by atoms with E-state index in [0.29, 0.717) is 33.4 Å². The highest BCUT2D eigenvalue weighted by molar-refractivity contribution is 7.84. The smallest absolute Gasteiger partial charge is 0.199 e. The normalized spacial score (nSPS) is 12.4. The molecule has 4 rings (SSSR count). The second-order valence-corrected chi connectivity index (χ2v) is 6.80. The van der Waals surface area contributed by atoms with Gasteiger partial charge in [0.25, 0.3) is 0 Å². The van der Waals surface area contributed by atoms with Gasteiger partial charge in [0.05, 0.1) is 24.5 Å². The summed E-state index contributed by atoms with van der Waals surface area (Å²) in [4.78, 5) is 9.33. The Labute approximate surface area is 150 Å². The minimum absolute atomic E-state index is 0.125. The predicted octanol–water partition coefficient (Wildman–Crippen LogP) is 1.80. The number of anilines is 1. The van der Waals surface area contributed by atoms with Crippen LogP contribution in [0.15, 0.2) is 46.2 Å². The molecule has 0 radical (unpaired) electrons. The number of imidazole rings is 1. The van der Waals surface area contributed by atoms with Gasteiger partial charge >= 0.3 is 0 Å². The molecule has 9 nitrogen and oxygen atoms in total. The summed E-state index contributed by atoms with van der Waals surface area (Å²) < 4.78 is 23.9. The Morgan fingerprint density at radius 3 is 2.81 bits per heavy atom. The number of methoxy groups -OCH3 is 1. The van der Waals surface area contributed by atoms with E-state index < -0.39 is 10.8 Å². The monoisotopic (exact) mass is 370 g/mol. The topological polar surface area (TPSA) is 122 Å². The van der Waals surface area contributed by atoms with Crippen LogP contribution in [0.25, 0.3) is 28.2 Å². The fourth-order valence-corrected chi connectivity index (χ4v) is 3.24. The molecule has 132 valence electrons. The molecule has 3 heterocycles. The Kier molecular flexibility index (Phi) is 3.88. The van der Waals surface area contributed by atoms with Crippen LogP contribution in [0.5, 0.6) is 5.75 Å². The lowest BCUT2D eigenvalue weighted by atomic mass is 10.2. The quantitative estimate of drug-likeness (QED) is 0.577. The van der Waals surface area contributed by atoms with Crippen LogP contribution in [0, 0.1) is 0 Å². The Bertz CT molecular complexity index is 1140. The minimum Gasteiger partial charge on any atom is -0.495 e. The molecule has 1 atom stereocenters. The molecule has 0 saturated carbocycles. The van der Waals surface area contributed by atoms with Gasteiger partial charge in [0, 0.05) is 28.1 Å². The van der Waals surface area contributed by atoms with Crippen molar-refractivity contribution in [2.75, 3.05) is 19.1 Å². The molecule has 0 saturated heterocycles. The van der Waals surface area contributed by atoms with Crippen molar-refractivity contribution >= 4 is 27.7 Å². The molecule has 0 amide bonds. The lowest BCUT2D eigenvalue weighted by molar-refractivity contribution is 0.310. The first-order valence-corrected chi connectivity index (χ1v) is 9.08. The summed E-state index contributed by atoms with van der Waals surface area (Å²) in [6.07, 6.45) is 4.91. The van der Waals surface area contributed by atoms with Crippen LogP contribution in [0.3, 0.4) is 0 Å². The number of fused-ring (bicyclic) bond motifs is 1. The number of nitrogens with zero attached hydrogens (tertiary/aromatic N) is 5. The number of rotatable bonds is 4. The van der Waals surface area contributed by atoms with Crippen molar-refractivity contribution in [3.8, 4) is 23.0 Å². The van der Waals surface area contributed by atoms with Crippen molar-refractivity contribution in [3.63, 3.8) is 0 Å². The molecule has 0 aliphatic rings. The van der Waals surface area contributed by atoms with Crippen molar-refractivity contribution in [2.45, 2.75) is 4.90 Å². The van der Waals surface area contributed by atoms with Crippen molar-refractivity contribution in [2.24, 2.45) is 0 Å². The van der Waals surface area contributed by atoms with Crippen LogP contribution >= 0.6 is 0 Å². The lowest BCUT2D eigenvalue weighted by Crippen LogP contribution is -2.03. The van der Waals surface area contributed by atoms with Crippen LogP contribution in [-0.4, -0.2) is 42.4 Å². The van der Waals surface area contributed by atoms with E-state index in [2.05, 4.69) is 20.3 Å². The summed E-state index contributed by atoms with van der Waals surface area (Å²) >= 11 is 0.